The molecule has 2 aliphatic heterocycles. The van der Waals surface area contributed by atoms with Crippen molar-refractivity contribution in [1.29, 1.82) is 0 Å². The highest BCUT2D eigenvalue weighted by Crippen LogP contribution is 2.24. The van der Waals surface area contributed by atoms with Crippen LogP contribution in [-0.2, 0) is 32.1 Å². The van der Waals surface area contributed by atoms with Crippen LogP contribution in [0.4, 0.5) is 4.79 Å². The van der Waals surface area contributed by atoms with Crippen LogP contribution in [0.25, 0.3) is 0 Å². The number of alkyl carbamates (subject to hydrolysis) is 1. The van der Waals surface area contributed by atoms with Crippen LogP contribution in [0.1, 0.15) is 50.7 Å². The van der Waals surface area contributed by atoms with Crippen molar-refractivity contribution in [2.45, 2.75) is 70.7 Å². The van der Waals surface area contributed by atoms with Gasteiger partial charge in [-0.3, -0.25) is 9.59 Å². The number of carbonyl (C=O) groups excluding carboxylic acids is 3. The first kappa shape index (κ1) is 23.1. The van der Waals surface area contributed by atoms with E-state index in [1.165, 1.54) is 10.5 Å². The molecule has 1 saturated heterocycles. The van der Waals surface area contributed by atoms with E-state index in [0.717, 1.165) is 31.2 Å². The average Bonchev–Trinajstić information content (AvgIpc) is 3.17. The van der Waals surface area contributed by atoms with Crippen molar-refractivity contribution >= 4 is 17.9 Å². The van der Waals surface area contributed by atoms with Gasteiger partial charge >= 0.3 is 6.09 Å². The van der Waals surface area contributed by atoms with Gasteiger partial charge in [-0.2, -0.15) is 0 Å². The zero-order valence-corrected chi connectivity index (χ0v) is 18.3. The Morgan fingerprint density at radius 3 is 2.71 bits per heavy atom. The van der Waals surface area contributed by atoms with Gasteiger partial charge in [0.1, 0.15) is 12.1 Å². The maximum Gasteiger partial charge on any atom is 0.407 e. The van der Waals surface area contributed by atoms with Gasteiger partial charge in [0.25, 0.3) is 0 Å². The first-order valence-corrected chi connectivity index (χ1v) is 11.1. The van der Waals surface area contributed by atoms with Gasteiger partial charge in [0.05, 0.1) is 19.3 Å². The van der Waals surface area contributed by atoms with Gasteiger partial charge in [-0.25, -0.2) is 4.79 Å². The molecule has 3 amide bonds. The van der Waals surface area contributed by atoms with E-state index in [2.05, 4.69) is 17.4 Å². The third-order valence-corrected chi connectivity index (χ3v) is 5.90. The molecule has 1 fully saturated rings. The van der Waals surface area contributed by atoms with Crippen LogP contribution in [0.15, 0.2) is 24.3 Å². The molecule has 0 radical (unpaired) electrons. The number of hydrogen-bond acceptors (Lipinski definition) is 5. The summed E-state index contributed by atoms with van der Waals surface area (Å²) in [7, 11) is 0. The molecule has 4 bridgehead atoms. The number of hydrogen-bond donors (Lipinski definition) is 2. The van der Waals surface area contributed by atoms with E-state index < -0.39 is 24.1 Å². The standard InChI is InChI=1S/C23H33N3O5/c1-15(2)20-22(28)26-13-18(12-19(26)21(24)27)31-14-17-9-6-8-16(11-17)7-4-3-5-10-30-23(29)25-20/h6,8-9,11,15,18-20H,3-5,7,10,12-14H2,1-2H3,(H2,24,27)(H,25,29)/t18-,19+,20+/m1/s1. The Morgan fingerprint density at radius 1 is 1.19 bits per heavy atom. The largest absolute Gasteiger partial charge is 0.450 e. The van der Waals surface area contributed by atoms with E-state index >= 15 is 0 Å². The molecule has 0 spiro atoms. The molecule has 1 aromatic rings. The summed E-state index contributed by atoms with van der Waals surface area (Å²) in [5, 5.41) is 2.67. The van der Waals surface area contributed by atoms with E-state index in [-0.39, 0.29) is 24.5 Å². The highest BCUT2D eigenvalue weighted by atomic mass is 16.5. The Bertz CT molecular complexity index is 797. The Morgan fingerprint density at radius 2 is 1.97 bits per heavy atom. The molecule has 3 rings (SSSR count). The number of rotatable bonds is 2. The molecule has 2 aliphatic rings. The predicted octanol–water partition coefficient (Wildman–Crippen LogP) is 2.14. The highest BCUT2D eigenvalue weighted by Gasteiger charge is 2.42. The Kier molecular flexibility index (Phi) is 7.90. The number of amides is 3. The van der Waals surface area contributed by atoms with E-state index in [1.807, 2.05) is 26.0 Å². The number of benzene rings is 1. The van der Waals surface area contributed by atoms with Gasteiger partial charge in [0.2, 0.25) is 11.8 Å². The fraction of sp³-hybridized carbons (Fsp3) is 0.609. The number of cyclic esters (lactones) is 1. The molecule has 0 unspecified atom stereocenters. The van der Waals surface area contributed by atoms with Gasteiger partial charge in [-0.15, -0.1) is 0 Å². The van der Waals surface area contributed by atoms with Crippen LogP contribution in [0, 0.1) is 5.92 Å². The lowest BCUT2D eigenvalue weighted by molar-refractivity contribution is -0.140. The molecular weight excluding hydrogens is 398 g/mol. The van der Waals surface area contributed by atoms with Crippen LogP contribution in [0.2, 0.25) is 0 Å². The number of nitrogens with one attached hydrogen (secondary N) is 1. The van der Waals surface area contributed by atoms with E-state index in [9.17, 15) is 14.4 Å². The van der Waals surface area contributed by atoms with Crippen LogP contribution >= 0.6 is 0 Å². The van der Waals surface area contributed by atoms with Crippen molar-refractivity contribution in [1.82, 2.24) is 10.2 Å². The quantitative estimate of drug-likeness (QED) is 0.745. The molecule has 1 aromatic carbocycles. The average molecular weight is 432 g/mol. The minimum absolute atomic E-state index is 0.179. The third-order valence-electron chi connectivity index (χ3n) is 5.90. The second-order valence-electron chi connectivity index (χ2n) is 8.71. The van der Waals surface area contributed by atoms with Crippen molar-refractivity contribution < 1.29 is 23.9 Å². The molecule has 0 aliphatic carbocycles. The zero-order valence-electron chi connectivity index (χ0n) is 18.3. The summed E-state index contributed by atoms with van der Waals surface area (Å²) in [6, 6.07) is 6.70. The SMILES string of the molecule is CC(C)[C@@H]1NC(=O)OCCCCCc2cccc(c2)CO[C@@H]2C[C@@H](C(N)=O)N(C2)C1=O. The van der Waals surface area contributed by atoms with Crippen molar-refractivity contribution in [3.05, 3.63) is 35.4 Å². The van der Waals surface area contributed by atoms with Crippen molar-refractivity contribution in [2.24, 2.45) is 11.7 Å². The highest BCUT2D eigenvalue weighted by molar-refractivity contribution is 5.91. The monoisotopic (exact) mass is 431 g/mol. The van der Waals surface area contributed by atoms with Gasteiger partial charge in [0.15, 0.2) is 0 Å². The number of fused-ring (bicyclic) bond motifs is 4. The minimum Gasteiger partial charge on any atom is -0.450 e. The summed E-state index contributed by atoms with van der Waals surface area (Å²) in [5.74, 6) is -1.09. The molecule has 2 heterocycles. The number of aryl methyl sites for hydroxylation is 1. The molecule has 3 N–H and O–H groups in total. The normalized spacial score (nSPS) is 26.0. The van der Waals surface area contributed by atoms with Crippen LogP contribution in [-0.4, -0.2) is 54.1 Å². The molecular formula is C23H33N3O5. The second kappa shape index (κ2) is 10.6. The number of nitrogens with zero attached hydrogens (tertiary/aromatic N) is 1. The fourth-order valence-electron chi connectivity index (χ4n) is 4.15. The summed E-state index contributed by atoms with van der Waals surface area (Å²) in [6.07, 6.45) is 3.07. The lowest BCUT2D eigenvalue weighted by Crippen LogP contribution is -2.54. The Balaban J connectivity index is 1.80. The number of ether oxygens (including phenoxy) is 2. The predicted molar refractivity (Wildman–Crippen MR) is 115 cm³/mol. The first-order valence-electron chi connectivity index (χ1n) is 11.1. The van der Waals surface area contributed by atoms with E-state index in [1.54, 1.807) is 0 Å². The molecule has 8 heteroatoms. The molecule has 0 saturated carbocycles. The van der Waals surface area contributed by atoms with Crippen LogP contribution in [0.3, 0.4) is 0 Å². The fourth-order valence-corrected chi connectivity index (χ4v) is 4.15. The molecule has 170 valence electrons. The Hall–Kier alpha value is -2.61. The van der Waals surface area contributed by atoms with Gasteiger partial charge in [-0.1, -0.05) is 38.1 Å². The second-order valence-corrected chi connectivity index (χ2v) is 8.71. The third kappa shape index (κ3) is 6.19. The van der Waals surface area contributed by atoms with E-state index in [0.29, 0.717) is 19.6 Å². The summed E-state index contributed by atoms with van der Waals surface area (Å²) < 4.78 is 11.3. The summed E-state index contributed by atoms with van der Waals surface area (Å²) in [5.41, 5.74) is 7.88. The van der Waals surface area contributed by atoms with Crippen molar-refractivity contribution in [3.8, 4) is 0 Å². The van der Waals surface area contributed by atoms with E-state index in [4.69, 9.17) is 15.2 Å². The maximum absolute atomic E-state index is 13.2. The Labute approximate surface area is 183 Å². The van der Waals surface area contributed by atoms with Crippen molar-refractivity contribution in [2.75, 3.05) is 13.2 Å². The van der Waals surface area contributed by atoms with Gasteiger partial charge in [0, 0.05) is 13.0 Å². The smallest absolute Gasteiger partial charge is 0.407 e. The zero-order chi connectivity index (χ0) is 22.4. The number of carbonyl (C=O) groups is 3. The lowest BCUT2D eigenvalue weighted by atomic mass is 10.0. The van der Waals surface area contributed by atoms with Gasteiger partial charge < -0.3 is 25.4 Å². The lowest BCUT2D eigenvalue weighted by Gasteiger charge is -2.29. The minimum atomic E-state index is -0.802. The molecule has 0 aromatic heterocycles. The molecule has 8 nitrogen and oxygen atoms in total. The maximum atomic E-state index is 13.2. The van der Waals surface area contributed by atoms with Crippen molar-refractivity contribution in [3.63, 3.8) is 0 Å². The van der Waals surface area contributed by atoms with Crippen LogP contribution < -0.4 is 11.1 Å². The molecule has 31 heavy (non-hydrogen) atoms. The number of nitrogens with two attached hydrogens (primary N) is 1. The topological polar surface area (TPSA) is 111 Å². The summed E-state index contributed by atoms with van der Waals surface area (Å²) in [4.78, 5) is 39.0. The van der Waals surface area contributed by atoms with Crippen LogP contribution in [0.5, 0.6) is 0 Å². The summed E-state index contributed by atoms with van der Waals surface area (Å²) >= 11 is 0. The number of primary amides is 1. The van der Waals surface area contributed by atoms with Gasteiger partial charge in [-0.05, 0) is 42.7 Å². The first-order chi connectivity index (χ1) is 14.8. The summed E-state index contributed by atoms with van der Waals surface area (Å²) in [6.45, 7) is 4.64. The molecule has 3 atom stereocenters.